The molecule has 1 atom stereocenters. The fraction of sp³-hybridized carbons (Fsp3) is 0.562. The first kappa shape index (κ1) is 15.0. The van der Waals surface area contributed by atoms with E-state index in [0.29, 0.717) is 5.69 Å². The van der Waals surface area contributed by atoms with Gasteiger partial charge in [0.15, 0.2) is 5.78 Å². The molecule has 1 heterocycles. The number of ketones is 1. The average molecular weight is 275 g/mol. The van der Waals surface area contributed by atoms with Crippen molar-refractivity contribution in [3.63, 3.8) is 0 Å². The Hall–Kier alpha value is -1.39. The molecule has 2 N–H and O–H groups in total. The fourth-order valence-corrected chi connectivity index (χ4v) is 2.84. The largest absolute Gasteiger partial charge is 0.399 e. The van der Waals surface area contributed by atoms with Gasteiger partial charge in [0.2, 0.25) is 0 Å². The summed E-state index contributed by atoms with van der Waals surface area (Å²) in [5.41, 5.74) is 7.15. The highest BCUT2D eigenvalue weighted by Gasteiger charge is 2.27. The third kappa shape index (κ3) is 3.38. The van der Waals surface area contributed by atoms with E-state index < -0.39 is 0 Å². The van der Waals surface area contributed by atoms with Crippen molar-refractivity contribution in [2.45, 2.75) is 26.3 Å². The van der Waals surface area contributed by atoms with E-state index in [9.17, 15) is 4.79 Å². The smallest absolute Gasteiger partial charge is 0.179 e. The molecule has 2 rings (SSSR count). The summed E-state index contributed by atoms with van der Waals surface area (Å²) in [6, 6.07) is 7.27. The summed E-state index contributed by atoms with van der Waals surface area (Å²) in [6.45, 7) is 9.44. The molecular formula is C16H25N3O. The number of likely N-dealkylation sites (N-methyl/N-ethyl adjacent to an activating group) is 1. The van der Waals surface area contributed by atoms with Gasteiger partial charge in [0.25, 0.3) is 0 Å². The summed E-state index contributed by atoms with van der Waals surface area (Å²) >= 11 is 0. The minimum absolute atomic E-state index is 0.00219. The van der Waals surface area contributed by atoms with E-state index in [1.807, 2.05) is 12.1 Å². The van der Waals surface area contributed by atoms with Crippen molar-refractivity contribution in [1.29, 1.82) is 0 Å². The molecule has 0 amide bonds. The van der Waals surface area contributed by atoms with Gasteiger partial charge in [0.05, 0.1) is 6.04 Å². The van der Waals surface area contributed by atoms with Gasteiger partial charge in [-0.1, -0.05) is 13.8 Å². The molecule has 1 unspecified atom stereocenters. The Labute approximate surface area is 121 Å². The van der Waals surface area contributed by atoms with Crippen LogP contribution in [0.25, 0.3) is 0 Å². The van der Waals surface area contributed by atoms with E-state index in [4.69, 9.17) is 5.73 Å². The summed E-state index contributed by atoms with van der Waals surface area (Å²) < 4.78 is 0. The monoisotopic (exact) mass is 275 g/mol. The zero-order valence-corrected chi connectivity index (χ0v) is 12.5. The number of hydrogen-bond donors (Lipinski definition) is 1. The molecule has 1 saturated heterocycles. The van der Waals surface area contributed by atoms with Gasteiger partial charge < -0.3 is 10.6 Å². The van der Waals surface area contributed by atoms with Crippen molar-refractivity contribution in [2.75, 3.05) is 38.5 Å². The van der Waals surface area contributed by atoms with Crippen LogP contribution in [0.2, 0.25) is 0 Å². The van der Waals surface area contributed by atoms with Crippen LogP contribution in [-0.4, -0.2) is 54.3 Å². The summed E-state index contributed by atoms with van der Waals surface area (Å²) in [5.74, 6) is 0.220. The lowest BCUT2D eigenvalue weighted by molar-refractivity contribution is 0.0668. The number of anilines is 1. The lowest BCUT2D eigenvalue weighted by atomic mass is 9.99. The predicted molar refractivity (Wildman–Crippen MR) is 83.0 cm³/mol. The molecule has 0 aliphatic carbocycles. The van der Waals surface area contributed by atoms with E-state index in [2.05, 4.69) is 23.6 Å². The normalized spacial score (nSPS) is 18.9. The Morgan fingerprint density at radius 3 is 2.25 bits per heavy atom. The summed E-state index contributed by atoms with van der Waals surface area (Å²) in [5, 5.41) is 0. The van der Waals surface area contributed by atoms with Gasteiger partial charge in [-0.05, 0) is 37.2 Å². The molecule has 4 heteroatoms. The van der Waals surface area contributed by atoms with Crippen molar-refractivity contribution < 1.29 is 4.79 Å². The third-order valence-electron chi connectivity index (χ3n) is 4.18. The Morgan fingerprint density at radius 1 is 1.15 bits per heavy atom. The maximum absolute atomic E-state index is 12.6. The highest BCUT2D eigenvalue weighted by molar-refractivity contribution is 6.00. The fourth-order valence-electron chi connectivity index (χ4n) is 2.84. The van der Waals surface area contributed by atoms with Crippen LogP contribution >= 0.6 is 0 Å². The molecule has 4 nitrogen and oxygen atoms in total. The lowest BCUT2D eigenvalue weighted by Gasteiger charge is -2.38. The molecule has 1 aromatic rings. The number of nitrogens with two attached hydrogens (primary N) is 1. The second-order valence-electron chi connectivity index (χ2n) is 5.38. The Kier molecular flexibility index (Phi) is 5.15. The van der Waals surface area contributed by atoms with Crippen LogP contribution in [0.15, 0.2) is 24.3 Å². The minimum Gasteiger partial charge on any atom is -0.399 e. The number of nitrogens with zero attached hydrogens (tertiary/aromatic N) is 2. The van der Waals surface area contributed by atoms with Crippen LogP contribution in [0.4, 0.5) is 5.69 Å². The number of benzene rings is 1. The van der Waals surface area contributed by atoms with Gasteiger partial charge in [-0.15, -0.1) is 0 Å². The number of piperazine rings is 1. The molecule has 110 valence electrons. The molecule has 0 bridgehead atoms. The maximum atomic E-state index is 12.6. The second-order valence-corrected chi connectivity index (χ2v) is 5.38. The molecule has 1 fully saturated rings. The van der Waals surface area contributed by atoms with E-state index in [1.165, 1.54) is 0 Å². The molecule has 0 aromatic heterocycles. The molecule has 1 aliphatic rings. The molecule has 1 aliphatic heterocycles. The molecule has 20 heavy (non-hydrogen) atoms. The Morgan fingerprint density at radius 2 is 1.75 bits per heavy atom. The highest BCUT2D eigenvalue weighted by atomic mass is 16.1. The number of carbonyl (C=O) groups is 1. The number of Topliss-reactive ketones (excluding diaryl/α,β-unsaturated/α-hetero) is 1. The summed E-state index contributed by atoms with van der Waals surface area (Å²) in [6.07, 6.45) is 0.856. The van der Waals surface area contributed by atoms with Gasteiger partial charge in [0.1, 0.15) is 0 Å². The van der Waals surface area contributed by atoms with Gasteiger partial charge in [0, 0.05) is 37.4 Å². The van der Waals surface area contributed by atoms with Crippen LogP contribution in [0.5, 0.6) is 0 Å². The van der Waals surface area contributed by atoms with E-state index in [1.54, 1.807) is 12.1 Å². The van der Waals surface area contributed by atoms with Gasteiger partial charge in [-0.25, -0.2) is 0 Å². The minimum atomic E-state index is -0.00219. The van der Waals surface area contributed by atoms with Gasteiger partial charge >= 0.3 is 0 Å². The number of rotatable bonds is 5. The van der Waals surface area contributed by atoms with Crippen molar-refractivity contribution in [3.05, 3.63) is 29.8 Å². The summed E-state index contributed by atoms with van der Waals surface area (Å²) in [4.78, 5) is 17.4. The maximum Gasteiger partial charge on any atom is 0.179 e. The zero-order valence-electron chi connectivity index (χ0n) is 12.5. The van der Waals surface area contributed by atoms with Crippen molar-refractivity contribution in [1.82, 2.24) is 9.80 Å². The average Bonchev–Trinajstić information content (AvgIpc) is 2.49. The SMILES string of the molecule is CCC(C(=O)c1ccc(N)cc1)N1CCN(CC)CC1. The Bertz CT molecular complexity index is 436. The third-order valence-corrected chi connectivity index (χ3v) is 4.18. The molecule has 1 aromatic carbocycles. The summed E-state index contributed by atoms with van der Waals surface area (Å²) in [7, 11) is 0. The van der Waals surface area contributed by atoms with E-state index in [0.717, 1.165) is 44.7 Å². The van der Waals surface area contributed by atoms with Crippen molar-refractivity contribution in [2.24, 2.45) is 0 Å². The van der Waals surface area contributed by atoms with Gasteiger partial charge in [-0.2, -0.15) is 0 Å². The van der Waals surface area contributed by atoms with Crippen LogP contribution in [0.3, 0.4) is 0 Å². The number of hydrogen-bond acceptors (Lipinski definition) is 4. The first-order chi connectivity index (χ1) is 9.65. The van der Waals surface area contributed by atoms with Gasteiger partial charge in [-0.3, -0.25) is 9.69 Å². The lowest BCUT2D eigenvalue weighted by Crippen LogP contribution is -2.52. The molecule has 0 radical (unpaired) electrons. The highest BCUT2D eigenvalue weighted by Crippen LogP contribution is 2.16. The predicted octanol–water partition coefficient (Wildman–Crippen LogP) is 1.87. The second kappa shape index (κ2) is 6.86. The first-order valence-electron chi connectivity index (χ1n) is 7.51. The standard InChI is InChI=1S/C16H25N3O/c1-3-15(19-11-9-18(4-2)10-12-19)16(20)13-5-7-14(17)8-6-13/h5-8,15H,3-4,9-12,17H2,1-2H3. The molecule has 0 saturated carbocycles. The van der Waals surface area contributed by atoms with Crippen LogP contribution in [0.1, 0.15) is 30.6 Å². The van der Waals surface area contributed by atoms with Crippen LogP contribution in [-0.2, 0) is 0 Å². The van der Waals surface area contributed by atoms with E-state index in [-0.39, 0.29) is 11.8 Å². The molecule has 0 spiro atoms. The first-order valence-corrected chi connectivity index (χ1v) is 7.51. The van der Waals surface area contributed by atoms with Crippen molar-refractivity contribution in [3.8, 4) is 0 Å². The molecular weight excluding hydrogens is 250 g/mol. The van der Waals surface area contributed by atoms with Crippen LogP contribution < -0.4 is 5.73 Å². The van der Waals surface area contributed by atoms with Crippen LogP contribution in [0, 0.1) is 0 Å². The number of nitrogen functional groups attached to an aromatic ring is 1. The zero-order chi connectivity index (χ0) is 14.5. The van der Waals surface area contributed by atoms with E-state index >= 15 is 0 Å². The number of carbonyl (C=O) groups excluding carboxylic acids is 1. The Balaban J connectivity index is 2.04. The van der Waals surface area contributed by atoms with Crippen molar-refractivity contribution >= 4 is 11.5 Å². The quantitative estimate of drug-likeness (QED) is 0.658. The topological polar surface area (TPSA) is 49.6 Å².